The van der Waals surface area contributed by atoms with Crippen molar-refractivity contribution in [1.29, 1.82) is 0 Å². The van der Waals surface area contributed by atoms with Crippen molar-refractivity contribution < 1.29 is 13.5 Å². The van der Waals surface area contributed by atoms with Gasteiger partial charge in [-0.05, 0) is 38.2 Å². The highest BCUT2D eigenvalue weighted by molar-refractivity contribution is 6.30. The van der Waals surface area contributed by atoms with Crippen LogP contribution in [0.5, 0.6) is 5.75 Å². The fourth-order valence-electron chi connectivity index (χ4n) is 2.22. The molecule has 0 aliphatic rings. The Morgan fingerprint density at radius 2 is 1.90 bits per heavy atom. The van der Waals surface area contributed by atoms with Crippen LogP contribution in [0.4, 0.5) is 8.78 Å². The summed E-state index contributed by atoms with van der Waals surface area (Å²) in [5.74, 6) is -0.608. The van der Waals surface area contributed by atoms with Crippen LogP contribution in [-0.2, 0) is 0 Å². The minimum atomic E-state index is -0.602. The van der Waals surface area contributed by atoms with Gasteiger partial charge < -0.3 is 10.1 Å². The van der Waals surface area contributed by atoms with E-state index in [0.717, 1.165) is 6.07 Å². The van der Waals surface area contributed by atoms with Crippen molar-refractivity contribution in [2.45, 2.75) is 19.1 Å². The van der Waals surface area contributed by atoms with Crippen molar-refractivity contribution in [3.05, 3.63) is 64.7 Å². The molecule has 0 aliphatic heterocycles. The highest BCUT2D eigenvalue weighted by Crippen LogP contribution is 2.25. The topological polar surface area (TPSA) is 21.3 Å². The number of likely N-dealkylation sites (N-methyl/N-ethyl adjacent to an activating group) is 1. The quantitative estimate of drug-likeness (QED) is 0.886. The summed E-state index contributed by atoms with van der Waals surface area (Å²) in [7, 11) is 1.70. The van der Waals surface area contributed by atoms with Crippen LogP contribution in [0.2, 0.25) is 5.02 Å². The third-order valence-electron chi connectivity index (χ3n) is 3.20. The second kappa shape index (κ2) is 6.87. The van der Waals surface area contributed by atoms with Gasteiger partial charge in [0.25, 0.3) is 0 Å². The van der Waals surface area contributed by atoms with Crippen molar-refractivity contribution in [1.82, 2.24) is 5.32 Å². The van der Waals surface area contributed by atoms with Crippen molar-refractivity contribution in [2.24, 2.45) is 0 Å². The Hall–Kier alpha value is -1.65. The monoisotopic (exact) mass is 311 g/mol. The van der Waals surface area contributed by atoms with E-state index in [9.17, 15) is 8.78 Å². The maximum absolute atomic E-state index is 13.9. The van der Waals surface area contributed by atoms with Crippen LogP contribution in [0.25, 0.3) is 0 Å². The summed E-state index contributed by atoms with van der Waals surface area (Å²) in [4.78, 5) is 0. The van der Waals surface area contributed by atoms with E-state index in [2.05, 4.69) is 5.32 Å². The first-order valence-corrected chi connectivity index (χ1v) is 6.93. The molecule has 0 aromatic heterocycles. The number of ether oxygens (including phenoxy) is 1. The van der Waals surface area contributed by atoms with E-state index in [1.807, 2.05) is 6.92 Å². The molecule has 0 bridgehead atoms. The molecule has 2 aromatic rings. The van der Waals surface area contributed by atoms with Gasteiger partial charge in [0.1, 0.15) is 23.5 Å². The third-order valence-corrected chi connectivity index (χ3v) is 3.43. The highest BCUT2D eigenvalue weighted by atomic mass is 35.5. The highest BCUT2D eigenvalue weighted by Gasteiger charge is 2.22. The zero-order chi connectivity index (χ0) is 15.4. The average molecular weight is 312 g/mol. The molecular formula is C16H16ClF2NO. The minimum Gasteiger partial charge on any atom is -0.489 e. The van der Waals surface area contributed by atoms with Crippen molar-refractivity contribution in [3.63, 3.8) is 0 Å². The van der Waals surface area contributed by atoms with E-state index in [1.54, 1.807) is 31.3 Å². The van der Waals surface area contributed by atoms with Gasteiger partial charge in [0.2, 0.25) is 0 Å². The number of benzene rings is 2. The Kier molecular flexibility index (Phi) is 5.15. The normalized spacial score (nSPS) is 13.8. The summed E-state index contributed by atoms with van der Waals surface area (Å²) in [6, 6.07) is 10.1. The first-order chi connectivity index (χ1) is 10.0. The average Bonchev–Trinajstić information content (AvgIpc) is 2.42. The molecule has 2 aromatic carbocycles. The molecule has 0 saturated heterocycles. The fourth-order valence-corrected chi connectivity index (χ4v) is 2.40. The molecule has 5 heteroatoms. The van der Waals surface area contributed by atoms with Crippen molar-refractivity contribution >= 4 is 11.6 Å². The number of hydrogen-bond acceptors (Lipinski definition) is 2. The molecule has 112 valence electrons. The molecular weight excluding hydrogens is 296 g/mol. The Labute approximate surface area is 127 Å². The number of hydrogen-bond donors (Lipinski definition) is 1. The maximum Gasteiger partial charge on any atom is 0.131 e. The second-order valence-corrected chi connectivity index (χ2v) is 5.15. The predicted octanol–water partition coefficient (Wildman–Crippen LogP) is 4.35. The lowest BCUT2D eigenvalue weighted by molar-refractivity contribution is 0.173. The standard InChI is InChI=1S/C16H16ClF2NO/c1-10(21-13-5-3-4-11(17)8-13)16(20-2)14-7-6-12(18)9-15(14)19/h3-10,16,20H,1-2H3. The SMILES string of the molecule is CNC(c1ccc(F)cc1F)C(C)Oc1cccc(Cl)c1. The minimum absolute atomic E-state index is 0.355. The zero-order valence-electron chi connectivity index (χ0n) is 11.7. The Balaban J connectivity index is 2.20. The number of halogens is 3. The van der Waals surface area contributed by atoms with Gasteiger partial charge in [0.05, 0.1) is 6.04 Å². The summed E-state index contributed by atoms with van der Waals surface area (Å²) < 4.78 is 32.7. The molecule has 0 saturated carbocycles. The van der Waals surface area contributed by atoms with Crippen LogP contribution in [0.3, 0.4) is 0 Å². The van der Waals surface area contributed by atoms with Crippen LogP contribution >= 0.6 is 11.6 Å². The molecule has 0 aliphatic carbocycles. The van der Waals surface area contributed by atoms with Crippen LogP contribution in [-0.4, -0.2) is 13.2 Å². The van der Waals surface area contributed by atoms with Gasteiger partial charge in [-0.1, -0.05) is 23.7 Å². The molecule has 2 nitrogen and oxygen atoms in total. The molecule has 21 heavy (non-hydrogen) atoms. The molecule has 0 amide bonds. The largest absolute Gasteiger partial charge is 0.489 e. The lowest BCUT2D eigenvalue weighted by Crippen LogP contribution is -2.32. The van der Waals surface area contributed by atoms with Gasteiger partial charge in [0, 0.05) is 16.7 Å². The Morgan fingerprint density at radius 3 is 2.52 bits per heavy atom. The molecule has 0 heterocycles. The number of nitrogens with one attached hydrogen (secondary N) is 1. The smallest absolute Gasteiger partial charge is 0.131 e. The summed E-state index contributed by atoms with van der Waals surface area (Å²) >= 11 is 5.90. The van der Waals surface area contributed by atoms with E-state index in [-0.39, 0.29) is 6.10 Å². The molecule has 0 spiro atoms. The molecule has 2 atom stereocenters. The zero-order valence-corrected chi connectivity index (χ0v) is 12.5. The Morgan fingerprint density at radius 1 is 1.14 bits per heavy atom. The molecule has 2 rings (SSSR count). The second-order valence-electron chi connectivity index (χ2n) is 4.71. The molecule has 0 radical (unpaired) electrons. The van der Waals surface area contributed by atoms with Gasteiger partial charge >= 0.3 is 0 Å². The lowest BCUT2D eigenvalue weighted by Gasteiger charge is -2.25. The number of rotatable bonds is 5. The van der Waals surface area contributed by atoms with Crippen molar-refractivity contribution in [3.8, 4) is 5.75 Å². The van der Waals surface area contributed by atoms with Gasteiger partial charge in [-0.3, -0.25) is 0 Å². The third kappa shape index (κ3) is 3.93. The van der Waals surface area contributed by atoms with Crippen LogP contribution in [0.15, 0.2) is 42.5 Å². The van der Waals surface area contributed by atoms with Crippen LogP contribution in [0, 0.1) is 11.6 Å². The van der Waals surface area contributed by atoms with E-state index in [1.165, 1.54) is 12.1 Å². The predicted molar refractivity (Wildman–Crippen MR) is 79.7 cm³/mol. The fraction of sp³-hybridized carbons (Fsp3) is 0.250. The first-order valence-electron chi connectivity index (χ1n) is 6.55. The molecule has 2 unspecified atom stereocenters. The van der Waals surface area contributed by atoms with Gasteiger partial charge in [-0.15, -0.1) is 0 Å². The first kappa shape index (κ1) is 15.7. The van der Waals surface area contributed by atoms with E-state index in [4.69, 9.17) is 16.3 Å². The van der Waals surface area contributed by atoms with Gasteiger partial charge in [-0.25, -0.2) is 8.78 Å². The van der Waals surface area contributed by atoms with Gasteiger partial charge in [0.15, 0.2) is 0 Å². The van der Waals surface area contributed by atoms with E-state index >= 15 is 0 Å². The van der Waals surface area contributed by atoms with Crippen LogP contribution < -0.4 is 10.1 Å². The molecule has 1 N–H and O–H groups in total. The van der Waals surface area contributed by atoms with E-state index in [0.29, 0.717) is 16.3 Å². The summed E-state index contributed by atoms with van der Waals surface area (Å²) in [6.45, 7) is 1.81. The summed E-state index contributed by atoms with van der Waals surface area (Å²) in [5.41, 5.74) is 0.355. The van der Waals surface area contributed by atoms with Crippen molar-refractivity contribution in [2.75, 3.05) is 7.05 Å². The summed E-state index contributed by atoms with van der Waals surface area (Å²) in [6.07, 6.45) is -0.367. The van der Waals surface area contributed by atoms with Crippen LogP contribution in [0.1, 0.15) is 18.5 Å². The van der Waals surface area contributed by atoms with Gasteiger partial charge in [-0.2, -0.15) is 0 Å². The lowest BCUT2D eigenvalue weighted by atomic mass is 10.0. The maximum atomic E-state index is 13.9. The molecule has 0 fully saturated rings. The summed E-state index contributed by atoms with van der Waals surface area (Å²) in [5, 5.41) is 3.56. The Bertz CT molecular complexity index is 621. The van der Waals surface area contributed by atoms with E-state index < -0.39 is 17.7 Å².